The van der Waals surface area contributed by atoms with Crippen molar-refractivity contribution in [3.63, 3.8) is 0 Å². The topological polar surface area (TPSA) is 29.1 Å². The minimum Gasteiger partial charge on any atom is -0.320 e. The van der Waals surface area contributed by atoms with E-state index in [1.54, 1.807) is 25.1 Å². The van der Waals surface area contributed by atoms with E-state index in [2.05, 4.69) is 5.32 Å². The molecule has 1 N–H and O–H groups in total. The lowest BCUT2D eigenvalue weighted by molar-refractivity contribution is -0.111. The van der Waals surface area contributed by atoms with E-state index < -0.39 is 11.7 Å². The second-order valence-electron chi connectivity index (χ2n) is 4.36. The van der Waals surface area contributed by atoms with Crippen molar-refractivity contribution in [2.45, 2.75) is 6.92 Å². The first-order valence-corrected chi connectivity index (χ1v) is 6.05. The summed E-state index contributed by atoms with van der Waals surface area (Å²) in [4.78, 5) is 11.7. The van der Waals surface area contributed by atoms with Gasteiger partial charge in [0.05, 0.1) is 5.69 Å². The number of amides is 1. The standard InChI is InChI=1S/C16H13F2NO/c1-11-2-8-15(14(18)10-11)19-16(20)9-5-12-3-6-13(17)7-4-12/h2-10H,1H3,(H,19,20). The Morgan fingerprint density at radius 2 is 1.80 bits per heavy atom. The third-order valence-corrected chi connectivity index (χ3v) is 2.68. The summed E-state index contributed by atoms with van der Waals surface area (Å²) in [5.74, 6) is -1.26. The highest BCUT2D eigenvalue weighted by Crippen LogP contribution is 2.15. The molecule has 102 valence electrons. The van der Waals surface area contributed by atoms with Crippen molar-refractivity contribution in [1.29, 1.82) is 0 Å². The Hall–Kier alpha value is -2.49. The van der Waals surface area contributed by atoms with Crippen LogP contribution in [0.3, 0.4) is 0 Å². The van der Waals surface area contributed by atoms with E-state index in [0.717, 1.165) is 5.56 Å². The van der Waals surface area contributed by atoms with Crippen LogP contribution in [0.5, 0.6) is 0 Å². The molecule has 2 nitrogen and oxygen atoms in total. The van der Waals surface area contributed by atoms with Crippen molar-refractivity contribution in [2.24, 2.45) is 0 Å². The van der Waals surface area contributed by atoms with Crippen LogP contribution in [-0.2, 0) is 4.79 Å². The maximum atomic E-state index is 13.5. The Balaban J connectivity index is 2.03. The van der Waals surface area contributed by atoms with Crippen LogP contribution in [0.1, 0.15) is 11.1 Å². The number of benzene rings is 2. The molecule has 0 saturated heterocycles. The summed E-state index contributed by atoms with van der Waals surface area (Å²) in [7, 11) is 0. The van der Waals surface area contributed by atoms with Gasteiger partial charge >= 0.3 is 0 Å². The van der Waals surface area contributed by atoms with E-state index >= 15 is 0 Å². The molecular formula is C16H13F2NO. The van der Waals surface area contributed by atoms with Gasteiger partial charge in [0.15, 0.2) is 0 Å². The fraction of sp³-hybridized carbons (Fsp3) is 0.0625. The Bertz CT molecular complexity index is 648. The Morgan fingerprint density at radius 3 is 2.45 bits per heavy atom. The maximum absolute atomic E-state index is 13.5. The number of halogens is 2. The highest BCUT2D eigenvalue weighted by atomic mass is 19.1. The van der Waals surface area contributed by atoms with Crippen LogP contribution in [0.15, 0.2) is 48.5 Å². The average molecular weight is 273 g/mol. The van der Waals surface area contributed by atoms with Gasteiger partial charge in [0.25, 0.3) is 0 Å². The zero-order valence-corrected chi connectivity index (χ0v) is 10.9. The largest absolute Gasteiger partial charge is 0.320 e. The summed E-state index contributed by atoms with van der Waals surface area (Å²) in [5.41, 5.74) is 1.60. The normalized spacial score (nSPS) is 10.8. The fourth-order valence-corrected chi connectivity index (χ4v) is 1.64. The molecule has 20 heavy (non-hydrogen) atoms. The van der Waals surface area contributed by atoms with Gasteiger partial charge < -0.3 is 5.32 Å². The Labute approximate surface area is 115 Å². The average Bonchev–Trinajstić information content (AvgIpc) is 2.41. The van der Waals surface area contributed by atoms with Crippen LogP contribution >= 0.6 is 0 Å². The van der Waals surface area contributed by atoms with Crippen LogP contribution in [0, 0.1) is 18.6 Å². The Kier molecular flexibility index (Phi) is 4.25. The molecule has 0 radical (unpaired) electrons. The molecule has 0 heterocycles. The van der Waals surface area contributed by atoms with Crippen molar-refractivity contribution in [1.82, 2.24) is 0 Å². The van der Waals surface area contributed by atoms with Gasteiger partial charge in [-0.15, -0.1) is 0 Å². The lowest BCUT2D eigenvalue weighted by Crippen LogP contribution is -2.09. The quantitative estimate of drug-likeness (QED) is 0.844. The number of nitrogens with one attached hydrogen (secondary N) is 1. The molecule has 2 aromatic rings. The molecular weight excluding hydrogens is 260 g/mol. The first-order valence-electron chi connectivity index (χ1n) is 6.05. The van der Waals surface area contributed by atoms with Gasteiger partial charge in [-0.1, -0.05) is 18.2 Å². The highest BCUT2D eigenvalue weighted by Gasteiger charge is 2.04. The van der Waals surface area contributed by atoms with Gasteiger partial charge in [-0.2, -0.15) is 0 Å². The summed E-state index contributed by atoms with van der Waals surface area (Å²) in [6, 6.07) is 10.3. The highest BCUT2D eigenvalue weighted by molar-refractivity contribution is 6.01. The summed E-state index contributed by atoms with van der Waals surface area (Å²) in [6.45, 7) is 1.77. The lowest BCUT2D eigenvalue weighted by Gasteiger charge is -2.04. The van der Waals surface area contributed by atoms with Crippen LogP contribution in [0.4, 0.5) is 14.5 Å². The first kappa shape index (κ1) is 13.9. The zero-order valence-electron chi connectivity index (χ0n) is 10.9. The molecule has 0 unspecified atom stereocenters. The Morgan fingerprint density at radius 1 is 1.10 bits per heavy atom. The van der Waals surface area contributed by atoms with Crippen LogP contribution < -0.4 is 5.32 Å². The monoisotopic (exact) mass is 273 g/mol. The van der Waals surface area contributed by atoms with E-state index in [0.29, 0.717) is 5.56 Å². The molecule has 0 aliphatic heterocycles. The summed E-state index contributed by atoms with van der Waals surface area (Å²) < 4.78 is 26.2. The van der Waals surface area contributed by atoms with Gasteiger partial charge in [-0.3, -0.25) is 4.79 Å². The maximum Gasteiger partial charge on any atom is 0.248 e. The van der Waals surface area contributed by atoms with Gasteiger partial charge in [-0.05, 0) is 48.4 Å². The molecule has 0 aliphatic carbocycles. The molecule has 0 saturated carbocycles. The zero-order chi connectivity index (χ0) is 14.5. The number of aryl methyl sites for hydroxylation is 1. The van der Waals surface area contributed by atoms with Gasteiger partial charge in [0.1, 0.15) is 11.6 Å². The van der Waals surface area contributed by atoms with Crippen LogP contribution in [-0.4, -0.2) is 5.91 Å². The minimum absolute atomic E-state index is 0.129. The first-order chi connectivity index (χ1) is 9.54. The molecule has 0 bridgehead atoms. The van der Waals surface area contributed by atoms with E-state index in [4.69, 9.17) is 0 Å². The molecule has 0 aliphatic rings. The number of carbonyl (C=O) groups excluding carboxylic acids is 1. The molecule has 4 heteroatoms. The van der Waals surface area contributed by atoms with Crippen molar-refractivity contribution in [3.8, 4) is 0 Å². The van der Waals surface area contributed by atoms with E-state index in [1.165, 1.54) is 36.4 Å². The fourth-order valence-electron chi connectivity index (χ4n) is 1.64. The van der Waals surface area contributed by atoms with Crippen LogP contribution in [0.25, 0.3) is 6.08 Å². The summed E-state index contributed by atoms with van der Waals surface area (Å²) >= 11 is 0. The number of hydrogen-bond donors (Lipinski definition) is 1. The molecule has 0 atom stereocenters. The minimum atomic E-state index is -0.478. The summed E-state index contributed by atoms with van der Waals surface area (Å²) in [5, 5.41) is 2.44. The predicted molar refractivity (Wildman–Crippen MR) is 75.2 cm³/mol. The summed E-state index contributed by atoms with van der Waals surface area (Å²) in [6.07, 6.45) is 2.80. The molecule has 0 fully saturated rings. The van der Waals surface area contributed by atoms with Crippen LogP contribution in [0.2, 0.25) is 0 Å². The van der Waals surface area contributed by atoms with Gasteiger partial charge in [0.2, 0.25) is 5.91 Å². The third-order valence-electron chi connectivity index (χ3n) is 2.68. The predicted octanol–water partition coefficient (Wildman–Crippen LogP) is 3.93. The molecule has 2 aromatic carbocycles. The van der Waals surface area contributed by atoms with E-state index in [1.807, 2.05) is 0 Å². The van der Waals surface area contributed by atoms with Gasteiger partial charge in [-0.25, -0.2) is 8.78 Å². The van der Waals surface area contributed by atoms with Crippen molar-refractivity contribution >= 4 is 17.7 Å². The van der Waals surface area contributed by atoms with Crippen molar-refractivity contribution < 1.29 is 13.6 Å². The van der Waals surface area contributed by atoms with Crippen molar-refractivity contribution in [3.05, 3.63) is 71.3 Å². The smallest absolute Gasteiger partial charge is 0.248 e. The molecule has 2 rings (SSSR count). The SMILES string of the molecule is Cc1ccc(NC(=O)C=Cc2ccc(F)cc2)c(F)c1. The van der Waals surface area contributed by atoms with Crippen molar-refractivity contribution in [2.75, 3.05) is 5.32 Å². The number of carbonyl (C=O) groups is 1. The van der Waals surface area contributed by atoms with Gasteiger partial charge in [0, 0.05) is 6.08 Å². The third kappa shape index (κ3) is 3.75. The van der Waals surface area contributed by atoms with E-state index in [-0.39, 0.29) is 11.5 Å². The molecule has 0 spiro atoms. The second kappa shape index (κ2) is 6.10. The number of hydrogen-bond acceptors (Lipinski definition) is 1. The number of rotatable bonds is 3. The number of anilines is 1. The molecule has 1 amide bonds. The van der Waals surface area contributed by atoms with E-state index in [9.17, 15) is 13.6 Å². The molecule has 0 aromatic heterocycles. The second-order valence-corrected chi connectivity index (χ2v) is 4.36. The lowest BCUT2D eigenvalue weighted by atomic mass is 10.2.